The number of hydrogen-bond donors (Lipinski definition) is 2. The number of rotatable bonds is 4. The largest absolute Gasteiger partial charge is 0.382 e. The van der Waals surface area contributed by atoms with Gasteiger partial charge in [-0.25, -0.2) is 19.5 Å². The first kappa shape index (κ1) is 15.5. The van der Waals surface area contributed by atoms with E-state index in [4.69, 9.17) is 5.73 Å². The van der Waals surface area contributed by atoms with Crippen molar-refractivity contribution in [3.63, 3.8) is 0 Å². The molecular formula is C18H14N8. The predicted molar refractivity (Wildman–Crippen MR) is 96.9 cm³/mol. The van der Waals surface area contributed by atoms with Crippen LogP contribution in [0.3, 0.4) is 0 Å². The van der Waals surface area contributed by atoms with E-state index in [0.29, 0.717) is 12.4 Å². The van der Waals surface area contributed by atoms with Gasteiger partial charge in [-0.15, -0.1) is 0 Å². The van der Waals surface area contributed by atoms with Gasteiger partial charge in [0.25, 0.3) is 0 Å². The third kappa shape index (κ3) is 2.78. The van der Waals surface area contributed by atoms with Gasteiger partial charge in [0.2, 0.25) is 0 Å². The summed E-state index contributed by atoms with van der Waals surface area (Å²) in [7, 11) is 0. The zero-order valence-corrected chi connectivity index (χ0v) is 13.7. The highest BCUT2D eigenvalue weighted by Gasteiger charge is 2.13. The number of nitrogens with one attached hydrogen (secondary N) is 1. The highest BCUT2D eigenvalue weighted by atomic mass is 15.2. The summed E-state index contributed by atoms with van der Waals surface area (Å²) in [6.45, 7) is 0.408. The minimum absolute atomic E-state index is 0.148. The maximum absolute atomic E-state index is 9.27. The van der Waals surface area contributed by atoms with E-state index in [1.54, 1.807) is 16.9 Å². The van der Waals surface area contributed by atoms with Crippen LogP contribution in [0.5, 0.6) is 0 Å². The Morgan fingerprint density at radius 1 is 1.15 bits per heavy atom. The van der Waals surface area contributed by atoms with Crippen LogP contribution in [0.1, 0.15) is 11.1 Å². The van der Waals surface area contributed by atoms with Gasteiger partial charge in [-0.2, -0.15) is 10.4 Å². The molecule has 0 saturated carbocycles. The molecule has 8 heteroatoms. The Hall–Kier alpha value is -3.99. The van der Waals surface area contributed by atoms with Gasteiger partial charge in [0.05, 0.1) is 5.69 Å². The second-order valence-electron chi connectivity index (χ2n) is 5.56. The van der Waals surface area contributed by atoms with Crippen molar-refractivity contribution in [2.45, 2.75) is 6.54 Å². The van der Waals surface area contributed by atoms with Crippen molar-refractivity contribution in [2.75, 3.05) is 11.1 Å². The van der Waals surface area contributed by atoms with Crippen LogP contribution in [0.4, 0.5) is 11.6 Å². The Bertz CT molecular complexity index is 1110. The molecule has 3 N–H and O–H groups in total. The third-order valence-corrected chi connectivity index (χ3v) is 3.95. The molecule has 0 spiro atoms. The molecule has 0 aliphatic heterocycles. The molecular weight excluding hydrogens is 328 g/mol. The summed E-state index contributed by atoms with van der Waals surface area (Å²) in [6, 6.07) is 13.9. The summed E-state index contributed by atoms with van der Waals surface area (Å²) in [5.74, 6) is 0.539. The summed E-state index contributed by atoms with van der Waals surface area (Å²) in [4.78, 5) is 12.2. The molecule has 0 atom stereocenters. The third-order valence-electron chi connectivity index (χ3n) is 3.95. The maximum Gasteiger partial charge on any atom is 0.153 e. The van der Waals surface area contributed by atoms with E-state index in [1.165, 1.54) is 6.33 Å². The van der Waals surface area contributed by atoms with Crippen LogP contribution in [0.2, 0.25) is 0 Å². The zero-order valence-electron chi connectivity index (χ0n) is 13.7. The van der Waals surface area contributed by atoms with Gasteiger partial charge in [0.1, 0.15) is 29.6 Å². The summed E-state index contributed by atoms with van der Waals surface area (Å²) < 4.78 is 1.73. The average molecular weight is 342 g/mol. The van der Waals surface area contributed by atoms with E-state index in [9.17, 15) is 5.26 Å². The van der Waals surface area contributed by atoms with E-state index in [2.05, 4.69) is 25.4 Å². The molecule has 0 bridgehead atoms. The second kappa shape index (κ2) is 6.49. The lowest BCUT2D eigenvalue weighted by Gasteiger charge is -2.12. The molecule has 3 aromatic heterocycles. The molecule has 0 saturated heterocycles. The summed E-state index contributed by atoms with van der Waals surface area (Å²) in [6.07, 6.45) is 4.83. The van der Waals surface area contributed by atoms with Crippen molar-refractivity contribution < 1.29 is 0 Å². The van der Waals surface area contributed by atoms with Crippen LogP contribution in [0, 0.1) is 11.3 Å². The summed E-state index contributed by atoms with van der Waals surface area (Å²) in [5.41, 5.74) is 9.45. The van der Waals surface area contributed by atoms with Crippen molar-refractivity contribution in [2.24, 2.45) is 0 Å². The van der Waals surface area contributed by atoms with Crippen molar-refractivity contribution in [3.8, 4) is 17.3 Å². The number of anilines is 2. The molecule has 4 rings (SSSR count). The van der Waals surface area contributed by atoms with Gasteiger partial charge in [-0.05, 0) is 6.07 Å². The minimum Gasteiger partial charge on any atom is -0.382 e. The lowest BCUT2D eigenvalue weighted by atomic mass is 10.1. The standard InChI is InChI=1S/C18H14N8/c19-9-14-17(20)23-11-24-18(14)22-10-13-8-15-21-6-7-26(15)25-16(13)12-4-2-1-3-5-12/h1-8,11H,10H2,(H3,20,22,23,24). The van der Waals surface area contributed by atoms with Crippen LogP contribution in [-0.4, -0.2) is 24.6 Å². The molecule has 126 valence electrons. The maximum atomic E-state index is 9.27. The predicted octanol–water partition coefficient (Wildman–Crippen LogP) is 2.25. The SMILES string of the molecule is N#Cc1c(N)ncnc1NCc1cc2nccn2nc1-c1ccccc1. The van der Waals surface area contributed by atoms with E-state index in [1.807, 2.05) is 42.5 Å². The quantitative estimate of drug-likeness (QED) is 0.584. The molecule has 8 nitrogen and oxygen atoms in total. The molecule has 3 heterocycles. The Balaban J connectivity index is 1.74. The number of hydrogen-bond acceptors (Lipinski definition) is 7. The van der Waals surface area contributed by atoms with E-state index in [-0.39, 0.29) is 11.4 Å². The second-order valence-corrected chi connectivity index (χ2v) is 5.56. The smallest absolute Gasteiger partial charge is 0.153 e. The first-order valence-corrected chi connectivity index (χ1v) is 7.89. The molecule has 0 fully saturated rings. The molecule has 0 radical (unpaired) electrons. The molecule has 0 aliphatic carbocycles. The van der Waals surface area contributed by atoms with E-state index < -0.39 is 0 Å². The van der Waals surface area contributed by atoms with E-state index >= 15 is 0 Å². The number of benzene rings is 1. The topological polar surface area (TPSA) is 118 Å². The Morgan fingerprint density at radius 2 is 2.00 bits per heavy atom. The van der Waals surface area contributed by atoms with E-state index in [0.717, 1.165) is 22.5 Å². The lowest BCUT2D eigenvalue weighted by molar-refractivity contribution is 0.920. The van der Waals surface area contributed by atoms with Gasteiger partial charge in [0.15, 0.2) is 5.65 Å². The first-order chi connectivity index (χ1) is 12.8. The summed E-state index contributed by atoms with van der Waals surface area (Å²) in [5, 5.41) is 17.1. The minimum atomic E-state index is 0.148. The molecule has 4 aromatic rings. The zero-order chi connectivity index (χ0) is 17.9. The van der Waals surface area contributed by atoms with Crippen molar-refractivity contribution in [3.05, 3.63) is 66.2 Å². The molecule has 1 aromatic carbocycles. The molecule has 0 aliphatic rings. The number of fused-ring (bicyclic) bond motifs is 1. The molecule has 26 heavy (non-hydrogen) atoms. The van der Waals surface area contributed by atoms with Gasteiger partial charge < -0.3 is 11.1 Å². The van der Waals surface area contributed by atoms with Gasteiger partial charge in [-0.3, -0.25) is 0 Å². The van der Waals surface area contributed by atoms with Gasteiger partial charge >= 0.3 is 0 Å². The highest BCUT2D eigenvalue weighted by Crippen LogP contribution is 2.24. The fourth-order valence-corrected chi connectivity index (χ4v) is 2.69. The summed E-state index contributed by atoms with van der Waals surface area (Å²) >= 11 is 0. The highest BCUT2D eigenvalue weighted by molar-refractivity contribution is 5.66. The molecule has 0 unspecified atom stereocenters. The number of nitrogens with two attached hydrogens (primary N) is 1. The van der Waals surface area contributed by atoms with Gasteiger partial charge in [-0.1, -0.05) is 30.3 Å². The Labute approximate surface area is 149 Å². The number of nitrogens with zero attached hydrogens (tertiary/aromatic N) is 6. The lowest BCUT2D eigenvalue weighted by Crippen LogP contribution is -2.09. The molecule has 0 amide bonds. The number of nitrogen functional groups attached to an aromatic ring is 1. The first-order valence-electron chi connectivity index (χ1n) is 7.89. The van der Waals surface area contributed by atoms with Crippen molar-refractivity contribution >= 4 is 17.3 Å². The fourth-order valence-electron chi connectivity index (χ4n) is 2.69. The van der Waals surface area contributed by atoms with Gasteiger partial charge in [0, 0.05) is 30.1 Å². The van der Waals surface area contributed by atoms with Crippen molar-refractivity contribution in [1.29, 1.82) is 5.26 Å². The Kier molecular flexibility index (Phi) is 3.88. The normalized spacial score (nSPS) is 10.6. The van der Waals surface area contributed by atoms with Crippen LogP contribution < -0.4 is 11.1 Å². The van der Waals surface area contributed by atoms with Crippen LogP contribution in [0.15, 0.2) is 55.1 Å². The average Bonchev–Trinajstić information content (AvgIpc) is 3.13. The van der Waals surface area contributed by atoms with Crippen LogP contribution in [-0.2, 0) is 6.54 Å². The Morgan fingerprint density at radius 3 is 2.81 bits per heavy atom. The van der Waals surface area contributed by atoms with Crippen LogP contribution >= 0.6 is 0 Å². The van der Waals surface area contributed by atoms with Crippen molar-refractivity contribution in [1.82, 2.24) is 24.6 Å². The number of aromatic nitrogens is 5. The number of nitriles is 1. The number of imidazole rings is 1. The fraction of sp³-hybridized carbons (Fsp3) is 0.0556. The van der Waals surface area contributed by atoms with Crippen LogP contribution in [0.25, 0.3) is 16.9 Å². The monoisotopic (exact) mass is 342 g/mol.